The van der Waals surface area contributed by atoms with Crippen LogP contribution in [0.5, 0.6) is 0 Å². The van der Waals surface area contributed by atoms with Crippen molar-refractivity contribution in [1.29, 1.82) is 0 Å². The number of benzene rings is 1. The highest BCUT2D eigenvalue weighted by molar-refractivity contribution is 5.54. The SMILES string of the molecule is CCNCc1cc(C)ccc1N(C)Cc1cccnc1. The van der Waals surface area contributed by atoms with Crippen LogP contribution >= 0.6 is 0 Å². The second-order valence-electron chi connectivity index (χ2n) is 5.13. The molecule has 0 aliphatic carbocycles. The molecule has 0 bridgehead atoms. The third-order valence-electron chi connectivity index (χ3n) is 3.35. The zero-order valence-electron chi connectivity index (χ0n) is 12.6. The topological polar surface area (TPSA) is 28.2 Å². The summed E-state index contributed by atoms with van der Waals surface area (Å²) in [7, 11) is 2.13. The number of aromatic nitrogens is 1. The van der Waals surface area contributed by atoms with E-state index in [1.807, 2.05) is 18.5 Å². The van der Waals surface area contributed by atoms with Crippen molar-refractivity contribution < 1.29 is 0 Å². The second-order valence-corrected chi connectivity index (χ2v) is 5.13. The average Bonchev–Trinajstić information content (AvgIpc) is 2.46. The first kappa shape index (κ1) is 14.5. The number of anilines is 1. The Bertz CT molecular complexity index is 537. The summed E-state index contributed by atoms with van der Waals surface area (Å²) in [5.74, 6) is 0. The fraction of sp³-hybridized carbons (Fsp3) is 0.353. The van der Waals surface area contributed by atoms with Crippen molar-refractivity contribution in [2.75, 3.05) is 18.5 Å². The van der Waals surface area contributed by atoms with Crippen LogP contribution in [-0.2, 0) is 13.1 Å². The van der Waals surface area contributed by atoms with E-state index < -0.39 is 0 Å². The van der Waals surface area contributed by atoms with Gasteiger partial charge in [-0.2, -0.15) is 0 Å². The van der Waals surface area contributed by atoms with E-state index in [2.05, 4.69) is 60.4 Å². The van der Waals surface area contributed by atoms with Crippen LogP contribution in [-0.4, -0.2) is 18.6 Å². The summed E-state index contributed by atoms with van der Waals surface area (Å²) in [5, 5.41) is 3.41. The Labute approximate surface area is 121 Å². The van der Waals surface area contributed by atoms with Crippen molar-refractivity contribution >= 4 is 5.69 Å². The van der Waals surface area contributed by atoms with Crippen LogP contribution in [0.25, 0.3) is 0 Å². The van der Waals surface area contributed by atoms with E-state index in [0.29, 0.717) is 0 Å². The summed E-state index contributed by atoms with van der Waals surface area (Å²) in [6.07, 6.45) is 3.74. The first-order valence-electron chi connectivity index (χ1n) is 7.11. The van der Waals surface area contributed by atoms with Gasteiger partial charge >= 0.3 is 0 Å². The Hall–Kier alpha value is -1.87. The highest BCUT2D eigenvalue weighted by atomic mass is 15.1. The lowest BCUT2D eigenvalue weighted by molar-refractivity contribution is 0.722. The van der Waals surface area contributed by atoms with Crippen LogP contribution in [0, 0.1) is 6.92 Å². The number of aryl methyl sites for hydroxylation is 1. The van der Waals surface area contributed by atoms with E-state index >= 15 is 0 Å². The van der Waals surface area contributed by atoms with Crippen molar-refractivity contribution in [2.45, 2.75) is 26.9 Å². The van der Waals surface area contributed by atoms with E-state index in [4.69, 9.17) is 0 Å². The molecule has 0 unspecified atom stereocenters. The molecule has 3 heteroatoms. The molecule has 0 amide bonds. The third-order valence-corrected chi connectivity index (χ3v) is 3.35. The fourth-order valence-corrected chi connectivity index (χ4v) is 2.34. The lowest BCUT2D eigenvalue weighted by Gasteiger charge is -2.23. The number of nitrogens with zero attached hydrogens (tertiary/aromatic N) is 2. The summed E-state index contributed by atoms with van der Waals surface area (Å²) >= 11 is 0. The number of nitrogens with one attached hydrogen (secondary N) is 1. The summed E-state index contributed by atoms with van der Waals surface area (Å²) in [6.45, 7) is 7.04. The van der Waals surface area contributed by atoms with Gasteiger partial charge in [0.1, 0.15) is 0 Å². The maximum Gasteiger partial charge on any atom is 0.0441 e. The summed E-state index contributed by atoms with van der Waals surface area (Å²) in [6, 6.07) is 10.7. The molecule has 2 aromatic rings. The summed E-state index contributed by atoms with van der Waals surface area (Å²) < 4.78 is 0. The molecule has 1 aromatic carbocycles. The van der Waals surface area contributed by atoms with Gasteiger partial charge in [-0.1, -0.05) is 30.7 Å². The number of hydrogen-bond acceptors (Lipinski definition) is 3. The van der Waals surface area contributed by atoms with Gasteiger partial charge in [0, 0.05) is 38.2 Å². The quantitative estimate of drug-likeness (QED) is 0.873. The van der Waals surface area contributed by atoms with Crippen molar-refractivity contribution in [1.82, 2.24) is 10.3 Å². The van der Waals surface area contributed by atoms with E-state index in [1.54, 1.807) is 0 Å². The molecule has 3 nitrogen and oxygen atoms in total. The van der Waals surface area contributed by atoms with Gasteiger partial charge in [0.25, 0.3) is 0 Å². The summed E-state index contributed by atoms with van der Waals surface area (Å²) in [5.41, 5.74) is 5.15. The molecule has 0 atom stereocenters. The largest absolute Gasteiger partial charge is 0.370 e. The van der Waals surface area contributed by atoms with Gasteiger partial charge in [-0.25, -0.2) is 0 Å². The van der Waals surface area contributed by atoms with E-state index in [-0.39, 0.29) is 0 Å². The molecule has 0 saturated carbocycles. The molecule has 1 N–H and O–H groups in total. The normalized spacial score (nSPS) is 10.6. The molecule has 2 rings (SSSR count). The lowest BCUT2D eigenvalue weighted by atomic mass is 10.1. The molecule has 1 heterocycles. The van der Waals surface area contributed by atoms with Crippen LogP contribution < -0.4 is 10.2 Å². The minimum atomic E-state index is 0.871. The Morgan fingerprint density at radius 1 is 1.25 bits per heavy atom. The lowest BCUT2D eigenvalue weighted by Crippen LogP contribution is -2.20. The van der Waals surface area contributed by atoms with Gasteiger partial charge in [-0.3, -0.25) is 4.98 Å². The van der Waals surface area contributed by atoms with Crippen LogP contribution in [0.15, 0.2) is 42.7 Å². The molecule has 0 radical (unpaired) electrons. The Kier molecular flexibility index (Phi) is 5.13. The van der Waals surface area contributed by atoms with Crippen LogP contribution in [0.2, 0.25) is 0 Å². The molecule has 0 aliphatic rings. The minimum Gasteiger partial charge on any atom is -0.370 e. The minimum absolute atomic E-state index is 0.871. The molecular weight excluding hydrogens is 246 g/mol. The highest BCUT2D eigenvalue weighted by Gasteiger charge is 2.08. The van der Waals surface area contributed by atoms with Crippen molar-refractivity contribution in [3.8, 4) is 0 Å². The van der Waals surface area contributed by atoms with Gasteiger partial charge in [0.2, 0.25) is 0 Å². The molecule has 106 valence electrons. The molecule has 0 fully saturated rings. The number of hydrogen-bond donors (Lipinski definition) is 1. The predicted molar refractivity (Wildman–Crippen MR) is 84.9 cm³/mol. The van der Waals surface area contributed by atoms with Gasteiger partial charge in [0.05, 0.1) is 0 Å². The van der Waals surface area contributed by atoms with E-state index in [0.717, 1.165) is 19.6 Å². The van der Waals surface area contributed by atoms with Gasteiger partial charge in [-0.15, -0.1) is 0 Å². The van der Waals surface area contributed by atoms with Crippen molar-refractivity contribution in [3.05, 3.63) is 59.4 Å². The maximum atomic E-state index is 4.18. The molecule has 20 heavy (non-hydrogen) atoms. The van der Waals surface area contributed by atoms with E-state index in [1.165, 1.54) is 22.4 Å². The number of pyridine rings is 1. The predicted octanol–water partition coefficient (Wildman–Crippen LogP) is 3.14. The third kappa shape index (κ3) is 3.81. The van der Waals surface area contributed by atoms with Gasteiger partial charge < -0.3 is 10.2 Å². The van der Waals surface area contributed by atoms with Gasteiger partial charge in [0.15, 0.2) is 0 Å². The Balaban J connectivity index is 2.18. The van der Waals surface area contributed by atoms with Crippen molar-refractivity contribution in [3.63, 3.8) is 0 Å². The zero-order valence-corrected chi connectivity index (χ0v) is 12.6. The molecule has 0 saturated heterocycles. The average molecular weight is 269 g/mol. The maximum absolute atomic E-state index is 4.18. The Morgan fingerprint density at radius 2 is 2.10 bits per heavy atom. The molecular formula is C17H23N3. The zero-order chi connectivity index (χ0) is 14.4. The van der Waals surface area contributed by atoms with E-state index in [9.17, 15) is 0 Å². The fourth-order valence-electron chi connectivity index (χ4n) is 2.34. The Morgan fingerprint density at radius 3 is 2.80 bits per heavy atom. The first-order valence-corrected chi connectivity index (χ1v) is 7.11. The van der Waals surface area contributed by atoms with Crippen LogP contribution in [0.3, 0.4) is 0 Å². The smallest absolute Gasteiger partial charge is 0.0441 e. The van der Waals surface area contributed by atoms with Crippen LogP contribution in [0.1, 0.15) is 23.6 Å². The number of rotatable bonds is 6. The van der Waals surface area contributed by atoms with Gasteiger partial charge in [-0.05, 0) is 36.7 Å². The monoisotopic (exact) mass is 269 g/mol. The molecule has 0 aliphatic heterocycles. The molecule has 0 spiro atoms. The molecule has 1 aromatic heterocycles. The van der Waals surface area contributed by atoms with Crippen LogP contribution in [0.4, 0.5) is 5.69 Å². The summed E-state index contributed by atoms with van der Waals surface area (Å²) in [4.78, 5) is 6.46. The standard InChI is InChI=1S/C17H23N3/c1-4-18-12-16-10-14(2)7-8-17(16)20(3)13-15-6-5-9-19-11-15/h5-11,18H,4,12-13H2,1-3H3. The highest BCUT2D eigenvalue weighted by Crippen LogP contribution is 2.22. The second kappa shape index (κ2) is 7.06. The first-order chi connectivity index (χ1) is 9.70. The van der Waals surface area contributed by atoms with Crippen molar-refractivity contribution in [2.24, 2.45) is 0 Å².